The van der Waals surface area contributed by atoms with Crippen molar-refractivity contribution < 1.29 is 22.6 Å². The van der Waals surface area contributed by atoms with Crippen LogP contribution in [0, 0.1) is 0 Å². The Balaban J connectivity index is 1.65. The third-order valence-corrected chi connectivity index (χ3v) is 6.73. The van der Waals surface area contributed by atoms with E-state index in [1.807, 2.05) is 24.3 Å². The molecule has 2 aliphatic rings. The number of ether oxygens (including phenoxy) is 3. The molecule has 2 heterocycles. The van der Waals surface area contributed by atoms with Gasteiger partial charge in [0.05, 0.1) is 18.0 Å². The van der Waals surface area contributed by atoms with Crippen molar-refractivity contribution in [1.82, 2.24) is 4.31 Å². The summed E-state index contributed by atoms with van der Waals surface area (Å²) in [7, 11) is -2.00. The largest absolute Gasteiger partial charge is 0.497 e. The molecule has 0 unspecified atom stereocenters. The number of hydrogen-bond donors (Lipinski definition) is 0. The smallest absolute Gasteiger partial charge is 0.243 e. The topological polar surface area (TPSA) is 65.1 Å². The lowest BCUT2D eigenvalue weighted by Crippen LogP contribution is -2.30. The van der Waals surface area contributed by atoms with E-state index in [1.54, 1.807) is 29.6 Å². The first-order valence-corrected chi connectivity index (χ1v) is 10.1. The molecule has 2 aromatic rings. The summed E-state index contributed by atoms with van der Waals surface area (Å²) in [4.78, 5) is 0.238. The third kappa shape index (κ3) is 3.01. The molecule has 4 rings (SSSR count). The van der Waals surface area contributed by atoms with Crippen molar-refractivity contribution in [3.05, 3.63) is 48.0 Å². The van der Waals surface area contributed by atoms with Crippen LogP contribution in [-0.4, -0.2) is 39.6 Å². The highest BCUT2D eigenvalue weighted by molar-refractivity contribution is 7.89. The van der Waals surface area contributed by atoms with E-state index in [1.165, 1.54) is 0 Å². The lowest BCUT2D eigenvalue weighted by molar-refractivity contribution is 0.171. The molecule has 1 atom stereocenters. The van der Waals surface area contributed by atoms with Crippen LogP contribution in [0.2, 0.25) is 0 Å². The average molecular weight is 375 g/mol. The maximum Gasteiger partial charge on any atom is 0.243 e. The molecule has 138 valence electrons. The Morgan fingerprint density at radius 1 is 1.04 bits per heavy atom. The van der Waals surface area contributed by atoms with Gasteiger partial charge in [-0.2, -0.15) is 4.31 Å². The normalized spacial score (nSPS) is 20.1. The fourth-order valence-electron chi connectivity index (χ4n) is 3.51. The van der Waals surface area contributed by atoms with Crippen LogP contribution in [0.1, 0.15) is 24.4 Å². The maximum absolute atomic E-state index is 13.2. The molecule has 0 spiro atoms. The fourth-order valence-corrected chi connectivity index (χ4v) is 5.20. The van der Waals surface area contributed by atoms with Gasteiger partial charge in [-0.05, 0) is 42.7 Å². The molecule has 7 heteroatoms. The minimum absolute atomic E-state index is 0.167. The SMILES string of the molecule is COc1ccc([C@@H]2CCCN2S(=O)(=O)c2ccc3c(c2)OCCO3)cc1. The molecule has 0 bridgehead atoms. The summed E-state index contributed by atoms with van der Waals surface area (Å²) >= 11 is 0. The van der Waals surface area contributed by atoms with Crippen LogP contribution in [-0.2, 0) is 10.0 Å². The van der Waals surface area contributed by atoms with Gasteiger partial charge in [0.15, 0.2) is 11.5 Å². The van der Waals surface area contributed by atoms with E-state index in [0.29, 0.717) is 31.3 Å². The number of benzene rings is 2. The van der Waals surface area contributed by atoms with Crippen LogP contribution in [0.4, 0.5) is 0 Å². The summed E-state index contributed by atoms with van der Waals surface area (Å²) in [5.74, 6) is 1.83. The van der Waals surface area contributed by atoms with Crippen LogP contribution >= 0.6 is 0 Å². The molecule has 2 aromatic carbocycles. The van der Waals surface area contributed by atoms with E-state index in [2.05, 4.69) is 0 Å². The van der Waals surface area contributed by atoms with Crippen LogP contribution in [0.25, 0.3) is 0 Å². The molecule has 1 fully saturated rings. The standard InChI is InChI=1S/C19H21NO5S/c1-23-15-6-4-14(5-7-15)17-3-2-10-20(17)26(21,22)16-8-9-18-19(13-16)25-12-11-24-18/h4-9,13,17H,2-3,10-12H2,1H3/t17-/m0/s1. The number of hydrogen-bond acceptors (Lipinski definition) is 5. The van der Waals surface area contributed by atoms with Crippen LogP contribution in [0.15, 0.2) is 47.4 Å². The van der Waals surface area contributed by atoms with E-state index in [9.17, 15) is 8.42 Å². The summed E-state index contributed by atoms with van der Waals surface area (Å²) in [5.41, 5.74) is 0.976. The molecular weight excluding hydrogens is 354 g/mol. The Morgan fingerprint density at radius 2 is 1.77 bits per heavy atom. The van der Waals surface area contributed by atoms with Gasteiger partial charge in [-0.3, -0.25) is 0 Å². The Labute approximate surface area is 153 Å². The van der Waals surface area contributed by atoms with Gasteiger partial charge in [-0.25, -0.2) is 8.42 Å². The zero-order valence-electron chi connectivity index (χ0n) is 14.6. The van der Waals surface area contributed by atoms with E-state index in [0.717, 1.165) is 24.2 Å². The zero-order chi connectivity index (χ0) is 18.1. The molecule has 26 heavy (non-hydrogen) atoms. The van der Waals surface area contributed by atoms with Gasteiger partial charge in [-0.1, -0.05) is 12.1 Å². The highest BCUT2D eigenvalue weighted by atomic mass is 32.2. The van der Waals surface area contributed by atoms with Gasteiger partial charge in [0.2, 0.25) is 10.0 Å². The summed E-state index contributed by atoms with van der Waals surface area (Å²) in [6.07, 6.45) is 1.64. The van der Waals surface area contributed by atoms with Crippen molar-refractivity contribution in [2.24, 2.45) is 0 Å². The van der Waals surface area contributed by atoms with Crippen LogP contribution < -0.4 is 14.2 Å². The van der Waals surface area contributed by atoms with E-state index in [4.69, 9.17) is 14.2 Å². The van der Waals surface area contributed by atoms with E-state index < -0.39 is 10.0 Å². The van der Waals surface area contributed by atoms with E-state index >= 15 is 0 Å². The molecule has 2 aliphatic heterocycles. The average Bonchev–Trinajstić information content (AvgIpc) is 3.18. The number of rotatable bonds is 4. The number of nitrogens with zero attached hydrogens (tertiary/aromatic N) is 1. The van der Waals surface area contributed by atoms with E-state index in [-0.39, 0.29) is 10.9 Å². The molecule has 0 N–H and O–H groups in total. The highest BCUT2D eigenvalue weighted by Gasteiger charge is 2.36. The van der Waals surface area contributed by atoms with Gasteiger partial charge in [-0.15, -0.1) is 0 Å². The predicted octanol–water partition coefficient (Wildman–Crippen LogP) is 2.99. The molecule has 6 nitrogen and oxygen atoms in total. The number of methoxy groups -OCH3 is 1. The van der Waals surface area contributed by atoms with Crippen molar-refractivity contribution in [2.75, 3.05) is 26.9 Å². The minimum Gasteiger partial charge on any atom is -0.497 e. The molecule has 0 amide bonds. The predicted molar refractivity (Wildman–Crippen MR) is 96.3 cm³/mol. The first-order chi connectivity index (χ1) is 12.6. The zero-order valence-corrected chi connectivity index (χ0v) is 15.4. The Morgan fingerprint density at radius 3 is 2.50 bits per heavy atom. The number of fused-ring (bicyclic) bond motifs is 1. The van der Waals surface area contributed by atoms with Gasteiger partial charge < -0.3 is 14.2 Å². The van der Waals surface area contributed by atoms with Gasteiger partial charge in [0, 0.05) is 12.6 Å². The quantitative estimate of drug-likeness (QED) is 0.822. The minimum atomic E-state index is -3.62. The second-order valence-corrected chi connectivity index (χ2v) is 8.24. The molecule has 0 aromatic heterocycles. The van der Waals surface area contributed by atoms with Gasteiger partial charge in [0.1, 0.15) is 19.0 Å². The first kappa shape index (κ1) is 17.2. The summed E-state index contributed by atoms with van der Waals surface area (Å²) in [6.45, 7) is 1.41. The van der Waals surface area contributed by atoms with Crippen LogP contribution in [0.3, 0.4) is 0 Å². The van der Waals surface area contributed by atoms with Crippen molar-refractivity contribution in [3.8, 4) is 17.2 Å². The third-order valence-electron chi connectivity index (χ3n) is 4.82. The highest BCUT2D eigenvalue weighted by Crippen LogP contribution is 2.39. The second kappa shape index (κ2) is 6.81. The Kier molecular flexibility index (Phi) is 4.50. The molecule has 0 saturated carbocycles. The van der Waals surface area contributed by atoms with Crippen molar-refractivity contribution in [3.63, 3.8) is 0 Å². The second-order valence-electron chi connectivity index (χ2n) is 6.35. The monoisotopic (exact) mass is 375 g/mol. The fraction of sp³-hybridized carbons (Fsp3) is 0.368. The van der Waals surface area contributed by atoms with Gasteiger partial charge >= 0.3 is 0 Å². The molecule has 0 radical (unpaired) electrons. The summed E-state index contributed by atoms with van der Waals surface area (Å²) < 4.78 is 44.3. The lowest BCUT2D eigenvalue weighted by atomic mass is 10.1. The van der Waals surface area contributed by atoms with Crippen molar-refractivity contribution >= 4 is 10.0 Å². The first-order valence-electron chi connectivity index (χ1n) is 8.65. The Hall–Kier alpha value is -2.25. The van der Waals surface area contributed by atoms with Crippen molar-refractivity contribution in [1.29, 1.82) is 0 Å². The number of sulfonamides is 1. The van der Waals surface area contributed by atoms with Crippen LogP contribution in [0.5, 0.6) is 17.2 Å². The molecular formula is C19H21NO5S. The maximum atomic E-state index is 13.2. The Bertz CT molecular complexity index is 895. The lowest BCUT2D eigenvalue weighted by Gasteiger charge is -2.25. The summed E-state index contributed by atoms with van der Waals surface area (Å²) in [6, 6.07) is 12.2. The summed E-state index contributed by atoms with van der Waals surface area (Å²) in [5, 5.41) is 0. The molecule has 1 saturated heterocycles. The van der Waals surface area contributed by atoms with Gasteiger partial charge in [0.25, 0.3) is 0 Å². The molecule has 0 aliphatic carbocycles. The van der Waals surface area contributed by atoms with Crippen molar-refractivity contribution in [2.45, 2.75) is 23.8 Å².